The first-order valence-electron chi connectivity index (χ1n) is 7.29. The van der Waals surface area contributed by atoms with Crippen molar-refractivity contribution in [3.05, 3.63) is 0 Å². The highest BCUT2D eigenvalue weighted by atomic mass is 32.2. The lowest BCUT2D eigenvalue weighted by Gasteiger charge is -2.34. The fourth-order valence-electron chi connectivity index (χ4n) is 2.73. The number of hydrogen-bond acceptors (Lipinski definition) is 4. The van der Waals surface area contributed by atoms with E-state index in [-0.39, 0.29) is 23.0 Å². The molecule has 2 fully saturated rings. The van der Waals surface area contributed by atoms with Gasteiger partial charge in [-0.1, -0.05) is 6.42 Å². The van der Waals surface area contributed by atoms with E-state index in [1.807, 2.05) is 11.8 Å². The Labute approximate surface area is 119 Å². The highest BCUT2D eigenvalue weighted by Crippen LogP contribution is 2.28. The lowest BCUT2D eigenvalue weighted by molar-refractivity contribution is -0.151. The Hall–Kier alpha value is -0.710. The summed E-state index contributed by atoms with van der Waals surface area (Å²) in [5.41, 5.74) is 0. The topological polar surface area (TPSA) is 46.6 Å². The van der Waals surface area contributed by atoms with E-state index in [1.54, 1.807) is 11.8 Å². The highest BCUT2D eigenvalue weighted by Gasteiger charge is 2.32. The Kier molecular flexibility index (Phi) is 5.55. The second kappa shape index (κ2) is 7.17. The van der Waals surface area contributed by atoms with Gasteiger partial charge in [0.1, 0.15) is 0 Å². The molecule has 2 aliphatic heterocycles. The molecule has 0 N–H and O–H groups in total. The maximum Gasteiger partial charge on any atom is 0.309 e. The van der Waals surface area contributed by atoms with Crippen molar-refractivity contribution in [3.63, 3.8) is 0 Å². The van der Waals surface area contributed by atoms with Gasteiger partial charge in [0.05, 0.1) is 17.8 Å². The molecule has 1 atom stereocenters. The third-order valence-corrected chi connectivity index (χ3v) is 5.25. The Balaban J connectivity index is 1.79. The van der Waals surface area contributed by atoms with Crippen molar-refractivity contribution >= 4 is 23.6 Å². The maximum atomic E-state index is 12.3. The minimum absolute atomic E-state index is 0.0111. The molecular formula is C14H23NO3S. The predicted molar refractivity (Wildman–Crippen MR) is 76.0 cm³/mol. The molecular weight excluding hydrogens is 262 g/mol. The van der Waals surface area contributed by atoms with Crippen LogP contribution in [0.5, 0.6) is 0 Å². The molecule has 0 saturated carbocycles. The summed E-state index contributed by atoms with van der Waals surface area (Å²) < 4.78 is 5.05. The number of rotatable bonds is 3. The summed E-state index contributed by atoms with van der Waals surface area (Å²) in [7, 11) is 0. The number of esters is 1. The van der Waals surface area contributed by atoms with Gasteiger partial charge < -0.3 is 9.64 Å². The number of nitrogens with zero attached hydrogens (tertiary/aromatic N) is 1. The van der Waals surface area contributed by atoms with Gasteiger partial charge in [0, 0.05) is 13.1 Å². The standard InChI is InChI=1S/C14H23NO3S/c1-2-18-14(17)11-6-8-15(9-7-11)13(16)12-5-3-4-10-19-12/h11-12H,2-10H2,1H3. The fourth-order valence-corrected chi connectivity index (χ4v) is 4.02. The SMILES string of the molecule is CCOC(=O)C1CCN(C(=O)C2CCCCS2)CC1. The molecule has 0 aromatic carbocycles. The number of amides is 1. The number of carbonyl (C=O) groups is 2. The van der Waals surface area contributed by atoms with E-state index in [0.717, 1.165) is 25.0 Å². The number of hydrogen-bond donors (Lipinski definition) is 0. The number of carbonyl (C=O) groups excluding carboxylic acids is 2. The van der Waals surface area contributed by atoms with E-state index in [9.17, 15) is 9.59 Å². The molecule has 2 aliphatic rings. The Bertz CT molecular complexity index is 321. The first kappa shape index (κ1) is 14.7. The molecule has 2 saturated heterocycles. The van der Waals surface area contributed by atoms with Crippen LogP contribution in [0.15, 0.2) is 0 Å². The summed E-state index contributed by atoms with van der Waals surface area (Å²) in [6.07, 6.45) is 4.92. The fraction of sp³-hybridized carbons (Fsp3) is 0.857. The van der Waals surface area contributed by atoms with Crippen LogP contribution in [0.4, 0.5) is 0 Å². The number of ether oxygens (including phenoxy) is 1. The molecule has 0 radical (unpaired) electrons. The number of piperidine rings is 1. The van der Waals surface area contributed by atoms with Gasteiger partial charge in [-0.3, -0.25) is 9.59 Å². The van der Waals surface area contributed by atoms with Gasteiger partial charge >= 0.3 is 5.97 Å². The summed E-state index contributed by atoms with van der Waals surface area (Å²) >= 11 is 1.80. The van der Waals surface area contributed by atoms with Crippen LogP contribution in [0.2, 0.25) is 0 Å². The molecule has 4 nitrogen and oxygen atoms in total. The van der Waals surface area contributed by atoms with E-state index in [4.69, 9.17) is 4.74 Å². The smallest absolute Gasteiger partial charge is 0.309 e. The molecule has 0 aliphatic carbocycles. The van der Waals surface area contributed by atoms with E-state index in [1.165, 1.54) is 12.8 Å². The molecule has 1 amide bonds. The van der Waals surface area contributed by atoms with Gasteiger partial charge in [0.25, 0.3) is 0 Å². The van der Waals surface area contributed by atoms with E-state index in [2.05, 4.69) is 0 Å². The second-order valence-electron chi connectivity index (χ2n) is 5.21. The molecule has 0 spiro atoms. The van der Waals surface area contributed by atoms with Crippen LogP contribution in [0.1, 0.15) is 39.0 Å². The van der Waals surface area contributed by atoms with Crippen molar-refractivity contribution in [2.75, 3.05) is 25.4 Å². The predicted octanol–water partition coefficient (Wildman–Crippen LogP) is 2.07. The van der Waals surface area contributed by atoms with Gasteiger partial charge in [0.15, 0.2) is 0 Å². The number of likely N-dealkylation sites (tertiary alicyclic amines) is 1. The van der Waals surface area contributed by atoms with Crippen LogP contribution in [-0.2, 0) is 14.3 Å². The molecule has 2 heterocycles. The minimum atomic E-state index is -0.0957. The molecule has 0 bridgehead atoms. The zero-order valence-electron chi connectivity index (χ0n) is 11.6. The van der Waals surface area contributed by atoms with Crippen LogP contribution < -0.4 is 0 Å². The highest BCUT2D eigenvalue weighted by molar-refractivity contribution is 8.00. The third kappa shape index (κ3) is 3.88. The Morgan fingerprint density at radius 3 is 2.53 bits per heavy atom. The summed E-state index contributed by atoms with van der Waals surface area (Å²) in [5.74, 6) is 1.28. The zero-order chi connectivity index (χ0) is 13.7. The van der Waals surface area contributed by atoms with Crippen LogP contribution in [0, 0.1) is 5.92 Å². The third-order valence-electron chi connectivity index (χ3n) is 3.88. The Morgan fingerprint density at radius 2 is 1.95 bits per heavy atom. The molecule has 5 heteroatoms. The van der Waals surface area contributed by atoms with E-state index >= 15 is 0 Å². The minimum Gasteiger partial charge on any atom is -0.466 e. The average molecular weight is 285 g/mol. The van der Waals surface area contributed by atoms with Gasteiger partial charge in [-0.15, -0.1) is 11.8 Å². The summed E-state index contributed by atoms with van der Waals surface area (Å²) in [4.78, 5) is 25.9. The van der Waals surface area contributed by atoms with Crippen LogP contribution >= 0.6 is 11.8 Å². The van der Waals surface area contributed by atoms with E-state index < -0.39 is 0 Å². The molecule has 2 rings (SSSR count). The van der Waals surface area contributed by atoms with Crippen molar-refractivity contribution in [2.45, 2.75) is 44.3 Å². The first-order valence-corrected chi connectivity index (χ1v) is 8.34. The first-order chi connectivity index (χ1) is 9.22. The van der Waals surface area contributed by atoms with Crippen molar-refractivity contribution < 1.29 is 14.3 Å². The largest absolute Gasteiger partial charge is 0.466 e. The van der Waals surface area contributed by atoms with Gasteiger partial charge in [-0.05, 0) is 38.4 Å². The van der Waals surface area contributed by atoms with Gasteiger partial charge in [-0.2, -0.15) is 0 Å². The van der Waals surface area contributed by atoms with Crippen LogP contribution in [0.3, 0.4) is 0 Å². The normalized spacial score (nSPS) is 25.1. The lowest BCUT2D eigenvalue weighted by atomic mass is 9.96. The summed E-state index contributed by atoms with van der Waals surface area (Å²) in [6, 6.07) is 0. The van der Waals surface area contributed by atoms with Crippen LogP contribution in [0.25, 0.3) is 0 Å². The monoisotopic (exact) mass is 285 g/mol. The van der Waals surface area contributed by atoms with Crippen molar-refractivity contribution in [2.24, 2.45) is 5.92 Å². The maximum absolute atomic E-state index is 12.3. The number of thioether (sulfide) groups is 1. The zero-order valence-corrected chi connectivity index (χ0v) is 12.4. The Morgan fingerprint density at radius 1 is 1.21 bits per heavy atom. The quantitative estimate of drug-likeness (QED) is 0.745. The lowest BCUT2D eigenvalue weighted by Crippen LogP contribution is -2.44. The summed E-state index contributed by atoms with van der Waals surface area (Å²) in [6.45, 7) is 3.69. The van der Waals surface area contributed by atoms with Crippen molar-refractivity contribution in [3.8, 4) is 0 Å². The van der Waals surface area contributed by atoms with Crippen molar-refractivity contribution in [1.82, 2.24) is 4.90 Å². The molecule has 0 aromatic rings. The van der Waals surface area contributed by atoms with Crippen molar-refractivity contribution in [1.29, 1.82) is 0 Å². The molecule has 108 valence electrons. The molecule has 19 heavy (non-hydrogen) atoms. The van der Waals surface area contributed by atoms with E-state index in [0.29, 0.717) is 19.7 Å². The molecule has 1 unspecified atom stereocenters. The van der Waals surface area contributed by atoms with Gasteiger partial charge in [-0.25, -0.2) is 0 Å². The summed E-state index contributed by atoms with van der Waals surface area (Å²) in [5, 5.41) is 0.160. The molecule has 0 aromatic heterocycles. The van der Waals surface area contributed by atoms with Gasteiger partial charge in [0.2, 0.25) is 5.91 Å². The van der Waals surface area contributed by atoms with Crippen LogP contribution in [-0.4, -0.2) is 47.5 Å². The second-order valence-corrected chi connectivity index (χ2v) is 6.52. The average Bonchev–Trinajstić information content (AvgIpc) is 2.48.